The van der Waals surface area contributed by atoms with Gasteiger partial charge in [-0.3, -0.25) is 4.79 Å². The molecule has 2 aliphatic rings. The maximum atomic E-state index is 12.3. The smallest absolute Gasteiger partial charge is 0.220 e. The first-order valence-corrected chi connectivity index (χ1v) is 7.11. The Morgan fingerprint density at radius 1 is 1.10 bits per heavy atom. The number of rotatable bonds is 0. The molecule has 0 radical (unpaired) electrons. The lowest BCUT2D eigenvalue weighted by atomic mass is 9.80. The van der Waals surface area contributed by atoms with Gasteiger partial charge < -0.3 is 4.90 Å². The highest BCUT2D eigenvalue weighted by atomic mass is 16.2. The maximum absolute atomic E-state index is 12.3. The molecule has 0 saturated carbocycles. The summed E-state index contributed by atoms with van der Waals surface area (Å²) >= 11 is 0. The van der Waals surface area contributed by atoms with Crippen molar-refractivity contribution in [2.24, 2.45) is 0 Å². The van der Waals surface area contributed by atoms with Crippen LogP contribution < -0.4 is 0 Å². The molecule has 1 amide bonds. The predicted octanol–water partition coefficient (Wildman–Crippen LogP) is 3.41. The van der Waals surface area contributed by atoms with Crippen LogP contribution in [-0.2, 0) is 16.8 Å². The Labute approximate surface area is 119 Å². The van der Waals surface area contributed by atoms with Crippen molar-refractivity contribution in [3.63, 3.8) is 0 Å². The van der Waals surface area contributed by atoms with Gasteiger partial charge in [-0.15, -0.1) is 0 Å². The quantitative estimate of drug-likeness (QED) is 0.713. The molecule has 2 aromatic carbocycles. The van der Waals surface area contributed by atoms with Crippen LogP contribution in [0.5, 0.6) is 0 Å². The molecule has 2 heteroatoms. The minimum absolute atomic E-state index is 0.156. The van der Waals surface area contributed by atoms with Crippen LogP contribution in [-0.4, -0.2) is 10.8 Å². The summed E-state index contributed by atoms with van der Waals surface area (Å²) in [4.78, 5) is 14.3. The van der Waals surface area contributed by atoms with Gasteiger partial charge in [-0.25, -0.2) is 0 Å². The molecule has 2 aliphatic heterocycles. The number of benzene rings is 2. The van der Waals surface area contributed by atoms with E-state index < -0.39 is 0 Å². The molecule has 0 saturated heterocycles. The Balaban J connectivity index is 2.08. The SMILES string of the molecule is CC(=O)N1C2Cc3ccccc3C1(C)c1ccccc12. The first-order valence-electron chi connectivity index (χ1n) is 7.11. The van der Waals surface area contributed by atoms with Crippen molar-refractivity contribution in [3.05, 3.63) is 70.8 Å². The number of carbonyl (C=O) groups is 1. The Morgan fingerprint density at radius 2 is 1.75 bits per heavy atom. The van der Waals surface area contributed by atoms with Gasteiger partial charge in [0.15, 0.2) is 0 Å². The van der Waals surface area contributed by atoms with Gasteiger partial charge >= 0.3 is 0 Å². The van der Waals surface area contributed by atoms with E-state index in [0.717, 1.165) is 6.42 Å². The molecule has 4 rings (SSSR count). The standard InChI is InChI=1S/C18H17NO/c1-12(20)19-17-11-13-7-3-5-9-15(13)18(19,2)16-10-6-4-8-14(16)17/h3-10,17H,11H2,1-2H3. The number of hydrogen-bond acceptors (Lipinski definition) is 1. The molecule has 2 unspecified atom stereocenters. The molecule has 0 spiro atoms. The van der Waals surface area contributed by atoms with Gasteiger partial charge in [-0.1, -0.05) is 48.5 Å². The normalized spacial score (nSPS) is 26.1. The molecule has 20 heavy (non-hydrogen) atoms. The van der Waals surface area contributed by atoms with Crippen LogP contribution in [0.2, 0.25) is 0 Å². The fourth-order valence-electron chi connectivity index (χ4n) is 4.20. The largest absolute Gasteiger partial charge is 0.322 e. The number of nitrogens with zero attached hydrogens (tertiary/aromatic N) is 1. The molecule has 0 N–H and O–H groups in total. The first-order chi connectivity index (χ1) is 9.64. The first kappa shape index (κ1) is 11.7. The van der Waals surface area contributed by atoms with E-state index in [1.807, 2.05) is 0 Å². The minimum atomic E-state index is -0.318. The lowest BCUT2D eigenvalue weighted by molar-refractivity contribution is -0.136. The fraction of sp³-hybridized carbons (Fsp3) is 0.278. The fourth-order valence-corrected chi connectivity index (χ4v) is 4.20. The Bertz CT molecular complexity index is 708. The van der Waals surface area contributed by atoms with Gasteiger partial charge in [0.2, 0.25) is 5.91 Å². The van der Waals surface area contributed by atoms with Crippen LogP contribution in [0.15, 0.2) is 48.5 Å². The summed E-state index contributed by atoms with van der Waals surface area (Å²) in [6.45, 7) is 3.87. The molecule has 100 valence electrons. The second-order valence-corrected chi connectivity index (χ2v) is 5.93. The average Bonchev–Trinajstić information content (AvgIpc) is 2.65. The van der Waals surface area contributed by atoms with Crippen molar-refractivity contribution >= 4 is 5.91 Å². The van der Waals surface area contributed by atoms with Gasteiger partial charge in [0.25, 0.3) is 0 Å². The average molecular weight is 263 g/mol. The second-order valence-electron chi connectivity index (χ2n) is 5.93. The van der Waals surface area contributed by atoms with Gasteiger partial charge in [-0.2, -0.15) is 0 Å². The lowest BCUT2D eigenvalue weighted by Crippen LogP contribution is -2.47. The van der Waals surface area contributed by atoms with Gasteiger partial charge in [-0.05, 0) is 35.6 Å². The van der Waals surface area contributed by atoms with Crippen LogP contribution in [0.1, 0.15) is 42.1 Å². The molecule has 2 nitrogen and oxygen atoms in total. The van der Waals surface area contributed by atoms with Crippen molar-refractivity contribution in [3.8, 4) is 0 Å². The highest BCUT2D eigenvalue weighted by Gasteiger charge is 2.53. The van der Waals surface area contributed by atoms with E-state index in [9.17, 15) is 4.79 Å². The number of amides is 1. The third kappa shape index (κ3) is 1.22. The summed E-state index contributed by atoms with van der Waals surface area (Å²) in [6.07, 6.45) is 0.919. The highest BCUT2D eigenvalue weighted by molar-refractivity contribution is 5.79. The lowest BCUT2D eigenvalue weighted by Gasteiger charge is -2.44. The van der Waals surface area contributed by atoms with E-state index in [1.54, 1.807) is 6.92 Å². The Kier molecular flexibility index (Phi) is 2.18. The summed E-state index contributed by atoms with van der Waals surface area (Å²) in [5, 5.41) is 0. The van der Waals surface area contributed by atoms with Gasteiger partial charge in [0, 0.05) is 6.92 Å². The van der Waals surface area contributed by atoms with E-state index in [-0.39, 0.29) is 17.5 Å². The van der Waals surface area contributed by atoms with E-state index >= 15 is 0 Å². The minimum Gasteiger partial charge on any atom is -0.322 e. The van der Waals surface area contributed by atoms with Crippen LogP contribution in [0.4, 0.5) is 0 Å². The zero-order valence-corrected chi connectivity index (χ0v) is 11.8. The number of hydrogen-bond donors (Lipinski definition) is 0. The molecule has 0 fully saturated rings. The zero-order chi connectivity index (χ0) is 13.9. The van der Waals surface area contributed by atoms with Crippen LogP contribution >= 0.6 is 0 Å². The van der Waals surface area contributed by atoms with Crippen LogP contribution in [0.3, 0.4) is 0 Å². The molecule has 2 bridgehead atoms. The Hall–Kier alpha value is -2.09. The van der Waals surface area contributed by atoms with Gasteiger partial charge in [0.1, 0.15) is 0 Å². The Morgan fingerprint density at radius 3 is 2.50 bits per heavy atom. The third-order valence-corrected chi connectivity index (χ3v) is 4.93. The molecule has 0 aliphatic carbocycles. The molecule has 2 heterocycles. The predicted molar refractivity (Wildman–Crippen MR) is 78.3 cm³/mol. The zero-order valence-electron chi connectivity index (χ0n) is 11.8. The van der Waals surface area contributed by atoms with Crippen molar-refractivity contribution in [2.45, 2.75) is 31.8 Å². The van der Waals surface area contributed by atoms with Crippen molar-refractivity contribution in [2.75, 3.05) is 0 Å². The van der Waals surface area contributed by atoms with Crippen molar-refractivity contribution in [1.29, 1.82) is 0 Å². The van der Waals surface area contributed by atoms with Gasteiger partial charge in [0.05, 0.1) is 11.6 Å². The summed E-state index contributed by atoms with van der Waals surface area (Å²) in [6, 6.07) is 17.2. The summed E-state index contributed by atoms with van der Waals surface area (Å²) < 4.78 is 0. The van der Waals surface area contributed by atoms with E-state index in [0.29, 0.717) is 0 Å². The number of fused-ring (bicyclic) bond motifs is 7. The summed E-state index contributed by atoms with van der Waals surface area (Å²) in [5.74, 6) is 0.156. The second kappa shape index (κ2) is 3.72. The summed E-state index contributed by atoms with van der Waals surface area (Å²) in [5.41, 5.74) is 4.92. The topological polar surface area (TPSA) is 20.3 Å². The van der Waals surface area contributed by atoms with Crippen LogP contribution in [0.25, 0.3) is 0 Å². The van der Waals surface area contributed by atoms with Crippen LogP contribution in [0, 0.1) is 0 Å². The molecule has 0 aromatic heterocycles. The summed E-state index contributed by atoms with van der Waals surface area (Å²) in [7, 11) is 0. The number of carbonyl (C=O) groups excluding carboxylic acids is 1. The van der Waals surface area contributed by atoms with E-state index in [2.05, 4.69) is 60.4 Å². The van der Waals surface area contributed by atoms with Crippen molar-refractivity contribution < 1.29 is 4.79 Å². The maximum Gasteiger partial charge on any atom is 0.220 e. The van der Waals surface area contributed by atoms with Crippen molar-refractivity contribution in [1.82, 2.24) is 4.90 Å². The molecular weight excluding hydrogens is 246 g/mol. The molecule has 2 atom stereocenters. The van der Waals surface area contributed by atoms with E-state index in [1.165, 1.54) is 22.3 Å². The third-order valence-electron chi connectivity index (χ3n) is 4.93. The molecular formula is C18H17NO. The molecule has 2 aromatic rings. The highest BCUT2D eigenvalue weighted by Crippen LogP contribution is 2.55. The van der Waals surface area contributed by atoms with E-state index in [4.69, 9.17) is 0 Å². The monoisotopic (exact) mass is 263 g/mol.